The fraction of sp³-hybridized carbons (Fsp3) is 0.348. The van der Waals surface area contributed by atoms with Crippen molar-refractivity contribution in [2.75, 3.05) is 40.4 Å². The third-order valence-electron chi connectivity index (χ3n) is 5.15. The molecule has 2 aromatic carbocycles. The van der Waals surface area contributed by atoms with Gasteiger partial charge in [0, 0.05) is 31.7 Å². The average Bonchev–Trinajstić information content (AvgIpc) is 2.83. The number of hydrogen-bond acceptors (Lipinski definition) is 6. The highest BCUT2D eigenvalue weighted by molar-refractivity contribution is 5.95. The molecule has 0 radical (unpaired) electrons. The summed E-state index contributed by atoms with van der Waals surface area (Å²) in [4.78, 5) is 29.0. The number of hydrogen-bond donors (Lipinski definition) is 0. The number of rotatable bonds is 6. The van der Waals surface area contributed by atoms with Crippen molar-refractivity contribution < 1.29 is 23.8 Å². The second-order valence-corrected chi connectivity index (χ2v) is 7.08. The quantitative estimate of drug-likeness (QED) is 0.708. The number of piperazine rings is 1. The Morgan fingerprint density at radius 2 is 1.55 bits per heavy atom. The van der Waals surface area contributed by atoms with Crippen molar-refractivity contribution in [2.45, 2.75) is 13.0 Å². The van der Waals surface area contributed by atoms with Crippen LogP contribution in [0.5, 0.6) is 17.2 Å². The molecule has 0 N–H and O–H groups in total. The first kappa shape index (κ1) is 22.0. The number of nitrogens with zero attached hydrogens (tertiary/aromatic N) is 3. The van der Waals surface area contributed by atoms with Gasteiger partial charge in [0.15, 0.2) is 17.6 Å². The molecule has 0 aromatic heterocycles. The number of carbonyl (C=O) groups is 2. The van der Waals surface area contributed by atoms with Gasteiger partial charge < -0.3 is 24.0 Å². The normalized spacial score (nSPS) is 14.4. The predicted octanol–water partition coefficient (Wildman–Crippen LogP) is 2.33. The lowest BCUT2D eigenvalue weighted by atomic mass is 10.1. The zero-order valence-electron chi connectivity index (χ0n) is 17.8. The van der Waals surface area contributed by atoms with Gasteiger partial charge in [-0.2, -0.15) is 5.26 Å². The second-order valence-electron chi connectivity index (χ2n) is 7.08. The predicted molar refractivity (Wildman–Crippen MR) is 113 cm³/mol. The molecule has 0 bridgehead atoms. The Morgan fingerprint density at radius 1 is 0.935 bits per heavy atom. The SMILES string of the molecule is COc1ccc(C(=O)N2CCN(C(=O)C(C)Oc3ccc(C#N)cc3)CC2)cc1OC. The molecule has 1 aliphatic heterocycles. The van der Waals surface area contributed by atoms with Gasteiger partial charge in [0.05, 0.1) is 25.9 Å². The summed E-state index contributed by atoms with van der Waals surface area (Å²) in [6.07, 6.45) is -0.666. The van der Waals surface area contributed by atoms with Crippen LogP contribution in [-0.2, 0) is 4.79 Å². The molecule has 0 spiro atoms. The van der Waals surface area contributed by atoms with Gasteiger partial charge >= 0.3 is 0 Å². The van der Waals surface area contributed by atoms with E-state index in [9.17, 15) is 9.59 Å². The minimum atomic E-state index is -0.666. The molecule has 1 heterocycles. The van der Waals surface area contributed by atoms with Crippen LogP contribution in [-0.4, -0.2) is 68.1 Å². The number of nitriles is 1. The van der Waals surface area contributed by atoms with Crippen molar-refractivity contribution >= 4 is 11.8 Å². The van der Waals surface area contributed by atoms with E-state index in [1.165, 1.54) is 7.11 Å². The fourth-order valence-electron chi connectivity index (χ4n) is 3.40. The fourth-order valence-corrected chi connectivity index (χ4v) is 3.40. The van der Waals surface area contributed by atoms with Gasteiger partial charge in [-0.1, -0.05) is 0 Å². The van der Waals surface area contributed by atoms with Gasteiger partial charge in [-0.25, -0.2) is 0 Å². The maximum atomic E-state index is 12.8. The summed E-state index contributed by atoms with van der Waals surface area (Å²) in [6.45, 7) is 3.42. The van der Waals surface area contributed by atoms with E-state index in [0.717, 1.165) is 0 Å². The first-order chi connectivity index (χ1) is 15.0. The van der Waals surface area contributed by atoms with E-state index in [-0.39, 0.29) is 11.8 Å². The van der Waals surface area contributed by atoms with Crippen molar-refractivity contribution in [3.05, 3.63) is 53.6 Å². The number of carbonyl (C=O) groups excluding carboxylic acids is 2. The summed E-state index contributed by atoms with van der Waals surface area (Å²) in [6, 6.07) is 13.7. The molecular formula is C23H25N3O5. The minimum Gasteiger partial charge on any atom is -0.493 e. The highest BCUT2D eigenvalue weighted by Crippen LogP contribution is 2.28. The molecular weight excluding hydrogens is 398 g/mol. The van der Waals surface area contributed by atoms with Crippen molar-refractivity contribution in [1.29, 1.82) is 5.26 Å². The van der Waals surface area contributed by atoms with Crippen molar-refractivity contribution in [2.24, 2.45) is 0 Å². The largest absolute Gasteiger partial charge is 0.493 e. The van der Waals surface area contributed by atoms with Gasteiger partial charge in [-0.3, -0.25) is 9.59 Å². The molecule has 1 unspecified atom stereocenters. The Bertz CT molecular complexity index is 976. The smallest absolute Gasteiger partial charge is 0.263 e. The Balaban J connectivity index is 1.56. The van der Waals surface area contributed by atoms with E-state index in [2.05, 4.69) is 0 Å². The first-order valence-electron chi connectivity index (χ1n) is 9.93. The van der Waals surface area contributed by atoms with Crippen LogP contribution >= 0.6 is 0 Å². The van der Waals surface area contributed by atoms with Crippen LogP contribution in [0.4, 0.5) is 0 Å². The maximum absolute atomic E-state index is 12.8. The molecule has 8 heteroatoms. The number of benzene rings is 2. The number of ether oxygens (including phenoxy) is 3. The molecule has 1 aliphatic rings. The van der Waals surface area contributed by atoms with Crippen LogP contribution in [0.2, 0.25) is 0 Å². The Labute approximate surface area is 181 Å². The topological polar surface area (TPSA) is 92.1 Å². The summed E-state index contributed by atoms with van der Waals surface area (Å²) in [5, 5.41) is 8.86. The van der Waals surface area contributed by atoms with Crippen LogP contribution in [0.25, 0.3) is 0 Å². The highest BCUT2D eigenvalue weighted by atomic mass is 16.5. The van der Waals surface area contributed by atoms with Gasteiger partial charge in [0.1, 0.15) is 5.75 Å². The zero-order chi connectivity index (χ0) is 22.4. The molecule has 1 saturated heterocycles. The van der Waals surface area contributed by atoms with Crippen LogP contribution < -0.4 is 14.2 Å². The van der Waals surface area contributed by atoms with E-state index >= 15 is 0 Å². The average molecular weight is 423 g/mol. The summed E-state index contributed by atoms with van der Waals surface area (Å²) in [5.74, 6) is 1.33. The molecule has 3 rings (SSSR count). The minimum absolute atomic E-state index is 0.116. The van der Waals surface area contributed by atoms with Crippen molar-refractivity contribution in [3.8, 4) is 23.3 Å². The maximum Gasteiger partial charge on any atom is 0.263 e. The summed E-state index contributed by atoms with van der Waals surface area (Å²) < 4.78 is 16.2. The molecule has 1 fully saturated rings. The van der Waals surface area contributed by atoms with Crippen molar-refractivity contribution in [3.63, 3.8) is 0 Å². The van der Waals surface area contributed by atoms with E-state index in [1.807, 2.05) is 6.07 Å². The third-order valence-corrected chi connectivity index (χ3v) is 5.15. The zero-order valence-corrected chi connectivity index (χ0v) is 17.8. The van der Waals surface area contributed by atoms with Crippen LogP contribution in [0.3, 0.4) is 0 Å². The third kappa shape index (κ3) is 5.07. The van der Waals surface area contributed by atoms with Crippen LogP contribution in [0, 0.1) is 11.3 Å². The Kier molecular flexibility index (Phi) is 6.98. The van der Waals surface area contributed by atoms with Gasteiger partial charge in [0.25, 0.3) is 11.8 Å². The second kappa shape index (κ2) is 9.85. The van der Waals surface area contributed by atoms with Crippen molar-refractivity contribution in [1.82, 2.24) is 9.80 Å². The molecule has 2 amide bonds. The monoisotopic (exact) mass is 423 g/mol. The number of methoxy groups -OCH3 is 2. The molecule has 31 heavy (non-hydrogen) atoms. The molecule has 0 aliphatic carbocycles. The molecule has 8 nitrogen and oxygen atoms in total. The lowest BCUT2D eigenvalue weighted by Gasteiger charge is -2.36. The van der Waals surface area contributed by atoms with E-state index in [1.54, 1.807) is 66.3 Å². The Hall–Kier alpha value is -3.73. The lowest BCUT2D eigenvalue weighted by Crippen LogP contribution is -2.53. The molecule has 2 aromatic rings. The van der Waals surface area contributed by atoms with Gasteiger partial charge in [-0.15, -0.1) is 0 Å². The van der Waals surface area contributed by atoms with Crippen LogP contribution in [0.15, 0.2) is 42.5 Å². The van der Waals surface area contributed by atoms with E-state index in [0.29, 0.717) is 54.6 Å². The molecule has 1 atom stereocenters. The molecule has 162 valence electrons. The highest BCUT2D eigenvalue weighted by Gasteiger charge is 2.28. The summed E-state index contributed by atoms with van der Waals surface area (Å²) in [7, 11) is 3.07. The summed E-state index contributed by atoms with van der Waals surface area (Å²) >= 11 is 0. The van der Waals surface area contributed by atoms with E-state index < -0.39 is 6.10 Å². The Morgan fingerprint density at radius 3 is 2.13 bits per heavy atom. The van der Waals surface area contributed by atoms with E-state index in [4.69, 9.17) is 19.5 Å². The van der Waals surface area contributed by atoms with Crippen LogP contribution in [0.1, 0.15) is 22.8 Å². The van der Waals surface area contributed by atoms with Gasteiger partial charge in [0.2, 0.25) is 0 Å². The standard InChI is InChI=1S/C23H25N3O5/c1-16(31-19-7-4-17(15-24)5-8-19)22(27)25-10-12-26(13-11-25)23(28)18-6-9-20(29-2)21(14-18)30-3/h4-9,14,16H,10-13H2,1-3H3. The lowest BCUT2D eigenvalue weighted by molar-refractivity contribution is -0.139. The first-order valence-corrected chi connectivity index (χ1v) is 9.93. The number of amides is 2. The summed E-state index contributed by atoms with van der Waals surface area (Å²) in [5.41, 5.74) is 1.04. The van der Waals surface area contributed by atoms with Gasteiger partial charge in [-0.05, 0) is 49.4 Å². The molecule has 0 saturated carbocycles.